The zero-order valence-corrected chi connectivity index (χ0v) is 20.4. The molecule has 2 aromatic carbocycles. The number of halogens is 2. The Morgan fingerprint density at radius 3 is 2.34 bits per heavy atom. The van der Waals surface area contributed by atoms with E-state index in [1.54, 1.807) is 24.4 Å². The fourth-order valence-corrected chi connectivity index (χ4v) is 4.20. The van der Waals surface area contributed by atoms with Crippen LogP contribution < -0.4 is 15.4 Å². The van der Waals surface area contributed by atoms with E-state index in [2.05, 4.69) is 15.6 Å². The van der Waals surface area contributed by atoms with Gasteiger partial charge in [-0.1, -0.05) is 47.5 Å². The highest BCUT2D eigenvalue weighted by molar-refractivity contribution is 6.39. The average Bonchev–Trinajstić information content (AvgIpc) is 3.62. The van der Waals surface area contributed by atoms with E-state index in [4.69, 9.17) is 27.9 Å². The molecule has 0 aliphatic heterocycles. The second-order valence-corrected chi connectivity index (χ2v) is 9.48. The summed E-state index contributed by atoms with van der Waals surface area (Å²) in [5, 5.41) is 15.8. The third kappa shape index (κ3) is 6.65. The first-order chi connectivity index (χ1) is 16.8. The van der Waals surface area contributed by atoms with Crippen molar-refractivity contribution < 1.29 is 19.4 Å². The van der Waals surface area contributed by atoms with Gasteiger partial charge in [0.05, 0.1) is 22.2 Å². The lowest BCUT2D eigenvalue weighted by molar-refractivity contribution is -0.139. The molecule has 3 aromatic rings. The van der Waals surface area contributed by atoms with E-state index < -0.39 is 17.9 Å². The van der Waals surface area contributed by atoms with E-state index in [1.807, 2.05) is 30.3 Å². The number of carbonyl (C=O) groups is 2. The second kappa shape index (κ2) is 11.0. The summed E-state index contributed by atoms with van der Waals surface area (Å²) in [5.74, 6) is -0.239. The largest absolute Gasteiger partial charge is 0.493 e. The first kappa shape index (κ1) is 24.8. The van der Waals surface area contributed by atoms with Crippen molar-refractivity contribution in [2.45, 2.75) is 25.3 Å². The SMILES string of the molecule is O=C(NC(Cc1ccc(OCC2(CNc3ccccn3)CC2)cc1)C(=O)O)c1c(Cl)cccc1Cl. The molecule has 1 heterocycles. The zero-order valence-electron chi connectivity index (χ0n) is 18.8. The van der Waals surface area contributed by atoms with Crippen molar-refractivity contribution in [3.05, 3.63) is 88.0 Å². The normalized spacial score (nSPS) is 14.6. The Labute approximate surface area is 213 Å². The second-order valence-electron chi connectivity index (χ2n) is 8.67. The third-order valence-corrected chi connectivity index (χ3v) is 6.60. The molecule has 3 N–H and O–H groups in total. The Kier molecular flexibility index (Phi) is 7.78. The van der Waals surface area contributed by atoms with Gasteiger partial charge in [-0.05, 0) is 54.8 Å². The number of carboxylic acids is 1. The van der Waals surface area contributed by atoms with Crippen LogP contribution >= 0.6 is 23.2 Å². The van der Waals surface area contributed by atoms with E-state index in [1.165, 1.54) is 12.1 Å². The van der Waals surface area contributed by atoms with Gasteiger partial charge >= 0.3 is 5.97 Å². The Balaban J connectivity index is 1.31. The number of aromatic nitrogens is 1. The first-order valence-electron chi connectivity index (χ1n) is 11.2. The molecule has 9 heteroatoms. The van der Waals surface area contributed by atoms with Gasteiger partial charge < -0.3 is 20.5 Å². The number of anilines is 1. The van der Waals surface area contributed by atoms with Gasteiger partial charge in [0.25, 0.3) is 5.91 Å². The lowest BCUT2D eigenvalue weighted by Crippen LogP contribution is -2.42. The zero-order chi connectivity index (χ0) is 24.8. The van der Waals surface area contributed by atoms with Crippen LogP contribution in [0.5, 0.6) is 5.75 Å². The summed E-state index contributed by atoms with van der Waals surface area (Å²) in [7, 11) is 0. The smallest absolute Gasteiger partial charge is 0.326 e. The fourth-order valence-electron chi connectivity index (χ4n) is 3.63. The highest BCUT2D eigenvalue weighted by Crippen LogP contribution is 2.45. The molecular formula is C26H25Cl2N3O4. The summed E-state index contributed by atoms with van der Waals surface area (Å²) in [6, 6.07) is 16.5. The van der Waals surface area contributed by atoms with E-state index >= 15 is 0 Å². The molecule has 1 amide bonds. The van der Waals surface area contributed by atoms with Gasteiger partial charge in [0, 0.05) is 24.6 Å². The fraction of sp³-hybridized carbons (Fsp3) is 0.269. The van der Waals surface area contributed by atoms with Crippen LogP contribution in [0.4, 0.5) is 5.82 Å². The number of nitrogens with one attached hydrogen (secondary N) is 2. The van der Waals surface area contributed by atoms with E-state index in [0.29, 0.717) is 12.4 Å². The van der Waals surface area contributed by atoms with Crippen molar-refractivity contribution in [2.75, 3.05) is 18.5 Å². The van der Waals surface area contributed by atoms with Gasteiger partial charge in [-0.3, -0.25) is 4.79 Å². The van der Waals surface area contributed by atoms with Gasteiger partial charge in [-0.25, -0.2) is 9.78 Å². The molecule has 1 aliphatic rings. The van der Waals surface area contributed by atoms with Crippen LogP contribution in [0.25, 0.3) is 0 Å². The number of hydrogen-bond donors (Lipinski definition) is 3. The number of carbonyl (C=O) groups excluding carboxylic acids is 1. The molecule has 1 atom stereocenters. The third-order valence-electron chi connectivity index (χ3n) is 5.97. The Bertz CT molecular complexity index is 1160. The molecule has 7 nitrogen and oxygen atoms in total. The summed E-state index contributed by atoms with van der Waals surface area (Å²) >= 11 is 12.1. The van der Waals surface area contributed by atoms with Crippen molar-refractivity contribution in [1.29, 1.82) is 0 Å². The number of rotatable bonds is 11. The number of carboxylic acid groups (broad SMARTS) is 1. The molecule has 1 aliphatic carbocycles. The summed E-state index contributed by atoms with van der Waals surface area (Å²) in [4.78, 5) is 28.7. The lowest BCUT2D eigenvalue weighted by atomic mass is 10.0. The topological polar surface area (TPSA) is 101 Å². The van der Waals surface area contributed by atoms with Crippen molar-refractivity contribution >= 4 is 40.9 Å². The van der Waals surface area contributed by atoms with Crippen molar-refractivity contribution in [1.82, 2.24) is 10.3 Å². The van der Waals surface area contributed by atoms with Gasteiger partial charge in [0.2, 0.25) is 0 Å². The van der Waals surface area contributed by atoms with Gasteiger partial charge in [0.1, 0.15) is 17.6 Å². The minimum Gasteiger partial charge on any atom is -0.493 e. The van der Waals surface area contributed by atoms with E-state index in [-0.39, 0.29) is 27.4 Å². The highest BCUT2D eigenvalue weighted by Gasteiger charge is 2.43. The van der Waals surface area contributed by atoms with Gasteiger partial charge in [0.15, 0.2) is 0 Å². The van der Waals surface area contributed by atoms with Crippen LogP contribution in [0.15, 0.2) is 66.9 Å². The molecule has 1 fully saturated rings. The monoisotopic (exact) mass is 513 g/mol. The molecule has 0 saturated heterocycles. The molecule has 1 saturated carbocycles. The van der Waals surface area contributed by atoms with Crippen LogP contribution in [-0.2, 0) is 11.2 Å². The molecule has 35 heavy (non-hydrogen) atoms. The van der Waals surface area contributed by atoms with Gasteiger partial charge in [-0.2, -0.15) is 0 Å². The quantitative estimate of drug-likeness (QED) is 0.330. The van der Waals surface area contributed by atoms with Crippen molar-refractivity contribution in [3.63, 3.8) is 0 Å². The van der Waals surface area contributed by atoms with Crippen LogP contribution in [0, 0.1) is 5.41 Å². The Hall–Kier alpha value is -3.29. The lowest BCUT2D eigenvalue weighted by Gasteiger charge is -2.18. The van der Waals surface area contributed by atoms with Crippen LogP contribution in [0.3, 0.4) is 0 Å². The Morgan fingerprint density at radius 2 is 1.74 bits per heavy atom. The molecule has 1 aromatic heterocycles. The van der Waals surface area contributed by atoms with Gasteiger partial charge in [-0.15, -0.1) is 0 Å². The van der Waals surface area contributed by atoms with E-state index in [9.17, 15) is 14.7 Å². The summed E-state index contributed by atoms with van der Waals surface area (Å²) in [6.07, 6.45) is 4.02. The number of aliphatic carboxylic acids is 1. The minimum absolute atomic E-state index is 0.0531. The number of hydrogen-bond acceptors (Lipinski definition) is 5. The average molecular weight is 514 g/mol. The Morgan fingerprint density at radius 1 is 1.03 bits per heavy atom. The molecule has 0 bridgehead atoms. The highest BCUT2D eigenvalue weighted by atomic mass is 35.5. The number of pyridine rings is 1. The summed E-state index contributed by atoms with van der Waals surface area (Å²) in [5.41, 5.74) is 0.889. The molecule has 1 unspecified atom stereocenters. The number of nitrogens with zero attached hydrogens (tertiary/aromatic N) is 1. The number of ether oxygens (including phenoxy) is 1. The molecular weight excluding hydrogens is 489 g/mol. The standard InChI is InChI=1S/C26H25Cl2N3O4/c27-19-4-3-5-20(28)23(19)24(32)31-21(25(33)34)14-17-7-9-18(10-8-17)35-16-26(11-12-26)15-30-22-6-1-2-13-29-22/h1-10,13,21H,11-12,14-16H2,(H,29,30)(H,31,32)(H,33,34). The van der Waals surface area contributed by atoms with E-state index in [0.717, 1.165) is 30.8 Å². The predicted octanol–water partition coefficient (Wildman–Crippen LogP) is 5.09. The number of amides is 1. The molecule has 182 valence electrons. The maximum atomic E-state index is 12.6. The predicted molar refractivity (Wildman–Crippen MR) is 135 cm³/mol. The first-order valence-corrected chi connectivity index (χ1v) is 12.0. The van der Waals surface area contributed by atoms with Crippen molar-refractivity contribution in [2.24, 2.45) is 5.41 Å². The molecule has 4 rings (SSSR count). The van der Waals surface area contributed by atoms with Crippen LogP contribution in [-0.4, -0.2) is 41.2 Å². The van der Waals surface area contributed by atoms with Crippen LogP contribution in [0.2, 0.25) is 10.0 Å². The van der Waals surface area contributed by atoms with Crippen molar-refractivity contribution in [3.8, 4) is 5.75 Å². The maximum Gasteiger partial charge on any atom is 0.326 e. The number of benzene rings is 2. The summed E-state index contributed by atoms with van der Waals surface area (Å²) < 4.78 is 6.00. The molecule has 0 spiro atoms. The molecule has 0 radical (unpaired) electrons. The van der Waals surface area contributed by atoms with Crippen LogP contribution in [0.1, 0.15) is 28.8 Å². The summed E-state index contributed by atoms with van der Waals surface area (Å²) in [6.45, 7) is 1.37. The maximum absolute atomic E-state index is 12.6. The minimum atomic E-state index is -1.15.